The molecule has 11 heteroatoms. The maximum absolute atomic E-state index is 13.8. The molecule has 1 fully saturated rings. The first-order valence-electron chi connectivity index (χ1n) is 12.0. The summed E-state index contributed by atoms with van der Waals surface area (Å²) in [5, 5.41) is 3.54. The summed E-state index contributed by atoms with van der Waals surface area (Å²) in [5.74, 6) is -0.562. The van der Waals surface area contributed by atoms with Crippen LogP contribution in [0.5, 0.6) is 0 Å². The molecule has 1 aliphatic heterocycles. The zero-order valence-electron chi connectivity index (χ0n) is 21.3. The fraction of sp³-hybridized carbons (Fsp3) is 0.346. The van der Waals surface area contributed by atoms with Crippen LogP contribution in [0, 0.1) is 5.92 Å². The van der Waals surface area contributed by atoms with Gasteiger partial charge in [0.25, 0.3) is 0 Å². The van der Waals surface area contributed by atoms with Gasteiger partial charge in [0.2, 0.25) is 5.91 Å². The van der Waals surface area contributed by atoms with Gasteiger partial charge in [-0.1, -0.05) is 30.7 Å². The van der Waals surface area contributed by atoms with Crippen LogP contribution >= 0.6 is 11.6 Å². The maximum atomic E-state index is 13.8. The van der Waals surface area contributed by atoms with E-state index in [1.807, 2.05) is 19.1 Å². The minimum atomic E-state index is -0.978. The SMILES string of the molecule is CC[C@H](c1cccc(Cl)c1)N(C)C(=O)N1C(=O)[C@H](Cc2ccnc(N)c2)[C@H]1C(=O)N(C)c1cc[nH][n+]1C. The molecule has 4 amide bonds. The first kappa shape index (κ1) is 26.2. The van der Waals surface area contributed by atoms with Crippen LogP contribution in [0.15, 0.2) is 54.9 Å². The Hall–Kier alpha value is -3.92. The molecule has 37 heavy (non-hydrogen) atoms. The van der Waals surface area contributed by atoms with Crippen molar-refractivity contribution in [1.29, 1.82) is 0 Å². The molecule has 1 saturated heterocycles. The fourth-order valence-corrected chi connectivity index (χ4v) is 5.12. The molecule has 1 aliphatic rings. The highest BCUT2D eigenvalue weighted by Crippen LogP contribution is 2.35. The number of likely N-dealkylation sites (tertiary alicyclic amines) is 1. The molecule has 0 spiro atoms. The number of β-lactam (4-membered cyclic amide) rings is 1. The second-order valence-corrected chi connectivity index (χ2v) is 9.64. The third-order valence-corrected chi connectivity index (χ3v) is 7.12. The van der Waals surface area contributed by atoms with Gasteiger partial charge in [0.05, 0.1) is 19.0 Å². The smallest absolute Gasteiger partial charge is 0.333 e. The van der Waals surface area contributed by atoms with E-state index in [1.54, 1.807) is 68.6 Å². The van der Waals surface area contributed by atoms with Gasteiger partial charge in [0.15, 0.2) is 6.04 Å². The van der Waals surface area contributed by atoms with Gasteiger partial charge >= 0.3 is 17.8 Å². The Morgan fingerprint density at radius 2 is 2.00 bits per heavy atom. The van der Waals surface area contributed by atoms with Crippen molar-refractivity contribution in [3.05, 3.63) is 71.0 Å². The molecule has 0 saturated carbocycles. The lowest BCUT2D eigenvalue weighted by Crippen LogP contribution is -2.71. The summed E-state index contributed by atoms with van der Waals surface area (Å²) >= 11 is 6.19. The Labute approximate surface area is 220 Å². The average Bonchev–Trinajstić information content (AvgIpc) is 3.30. The topological polar surface area (TPSA) is 120 Å². The van der Waals surface area contributed by atoms with Gasteiger partial charge in [-0.15, -0.1) is 0 Å². The molecule has 0 aliphatic carbocycles. The number of amides is 4. The Balaban J connectivity index is 1.65. The molecular weight excluding hydrogens is 494 g/mol. The average molecular weight is 525 g/mol. The van der Waals surface area contributed by atoms with Crippen LogP contribution < -0.4 is 15.3 Å². The maximum Gasteiger partial charge on any atom is 0.333 e. The van der Waals surface area contributed by atoms with Crippen LogP contribution in [-0.4, -0.2) is 57.9 Å². The van der Waals surface area contributed by atoms with Crippen LogP contribution in [-0.2, 0) is 23.1 Å². The van der Waals surface area contributed by atoms with Gasteiger partial charge in [-0.25, -0.2) is 24.6 Å². The highest BCUT2D eigenvalue weighted by atomic mass is 35.5. The molecule has 1 aromatic carbocycles. The highest BCUT2D eigenvalue weighted by Gasteiger charge is 2.58. The standard InChI is InChI=1S/C26H30ClN7O3/c1-5-20(17-7-6-8-18(27)15-17)31(2)26(37)34-23(25(36)32(3)22-10-12-30-33(22)4)19(24(34)35)13-16-9-11-29-21(28)14-16/h6-12,14-15,19-20,23H,5,13H2,1-4H3,(H2,28,29)/p+1/t19-,20-,23+/m1/s1. The summed E-state index contributed by atoms with van der Waals surface area (Å²) in [6, 6.07) is 10.6. The predicted molar refractivity (Wildman–Crippen MR) is 139 cm³/mol. The van der Waals surface area contributed by atoms with E-state index in [0.717, 1.165) is 16.0 Å². The van der Waals surface area contributed by atoms with Crippen molar-refractivity contribution < 1.29 is 19.1 Å². The van der Waals surface area contributed by atoms with Crippen molar-refractivity contribution >= 4 is 41.1 Å². The van der Waals surface area contributed by atoms with E-state index in [1.165, 1.54) is 9.80 Å². The number of nitrogen functional groups attached to an aromatic ring is 1. The van der Waals surface area contributed by atoms with Crippen molar-refractivity contribution in [2.75, 3.05) is 24.7 Å². The Bertz CT molecular complexity index is 1330. The predicted octanol–water partition coefficient (Wildman–Crippen LogP) is 2.71. The second-order valence-electron chi connectivity index (χ2n) is 9.20. The summed E-state index contributed by atoms with van der Waals surface area (Å²) in [4.78, 5) is 48.9. The zero-order chi connectivity index (χ0) is 26.9. The largest absolute Gasteiger partial charge is 0.384 e. The molecule has 2 aromatic heterocycles. The number of rotatable bonds is 7. The highest BCUT2D eigenvalue weighted by molar-refractivity contribution is 6.30. The Morgan fingerprint density at radius 1 is 1.24 bits per heavy atom. The number of carbonyl (C=O) groups is 3. The van der Waals surface area contributed by atoms with Crippen molar-refractivity contribution in [2.24, 2.45) is 13.0 Å². The third kappa shape index (κ3) is 5.01. The van der Waals surface area contributed by atoms with Gasteiger partial charge in [-0.3, -0.25) is 4.79 Å². The van der Waals surface area contributed by atoms with Gasteiger partial charge < -0.3 is 10.6 Å². The number of aromatic amines is 1. The summed E-state index contributed by atoms with van der Waals surface area (Å²) in [6.45, 7) is 1.95. The van der Waals surface area contributed by atoms with Gasteiger partial charge in [-0.2, -0.15) is 9.58 Å². The zero-order valence-corrected chi connectivity index (χ0v) is 22.0. The molecule has 0 unspecified atom stereocenters. The number of H-pyrrole nitrogens is 1. The molecular formula is C26H31ClN7O3+. The number of halogens is 1. The number of nitrogens with zero attached hydrogens (tertiary/aromatic N) is 5. The van der Waals surface area contributed by atoms with Crippen molar-refractivity contribution in [2.45, 2.75) is 31.8 Å². The van der Waals surface area contributed by atoms with E-state index in [0.29, 0.717) is 23.1 Å². The molecule has 3 aromatic rings. The molecule has 194 valence electrons. The van der Waals surface area contributed by atoms with E-state index >= 15 is 0 Å². The number of nitrogens with one attached hydrogen (secondary N) is 1. The lowest BCUT2D eigenvalue weighted by molar-refractivity contribution is -0.714. The fourth-order valence-electron chi connectivity index (χ4n) is 4.92. The normalized spacial score (nSPS) is 17.8. The molecule has 0 radical (unpaired) electrons. The number of benzene rings is 1. The number of hydrogen-bond donors (Lipinski definition) is 2. The lowest BCUT2D eigenvalue weighted by Gasteiger charge is -2.46. The summed E-state index contributed by atoms with van der Waals surface area (Å²) < 4.78 is 1.68. The van der Waals surface area contributed by atoms with Crippen LogP contribution in [0.4, 0.5) is 16.4 Å². The number of carbonyl (C=O) groups excluding carboxylic acids is 3. The van der Waals surface area contributed by atoms with Crippen molar-refractivity contribution in [1.82, 2.24) is 19.9 Å². The monoisotopic (exact) mass is 524 g/mol. The van der Waals surface area contributed by atoms with E-state index in [9.17, 15) is 14.4 Å². The van der Waals surface area contributed by atoms with Gasteiger partial charge in [0.1, 0.15) is 12.9 Å². The van der Waals surface area contributed by atoms with Crippen LogP contribution in [0.3, 0.4) is 0 Å². The summed E-state index contributed by atoms with van der Waals surface area (Å²) in [5.41, 5.74) is 7.44. The van der Waals surface area contributed by atoms with Crippen LogP contribution in [0.25, 0.3) is 0 Å². The number of pyridine rings is 1. The number of imide groups is 1. The molecule has 3 heterocycles. The van der Waals surface area contributed by atoms with Crippen LogP contribution in [0.1, 0.15) is 30.5 Å². The minimum absolute atomic E-state index is 0.258. The first-order valence-corrected chi connectivity index (χ1v) is 12.4. The lowest BCUT2D eigenvalue weighted by atomic mass is 9.81. The third-order valence-electron chi connectivity index (χ3n) is 6.88. The quantitative estimate of drug-likeness (QED) is 0.364. The minimum Gasteiger partial charge on any atom is -0.384 e. The van der Waals surface area contributed by atoms with Crippen molar-refractivity contribution in [3.8, 4) is 0 Å². The second kappa shape index (κ2) is 10.6. The number of anilines is 2. The van der Waals surface area contributed by atoms with E-state index in [2.05, 4.69) is 10.1 Å². The van der Waals surface area contributed by atoms with Crippen LogP contribution in [0.2, 0.25) is 5.02 Å². The van der Waals surface area contributed by atoms with E-state index in [-0.39, 0.29) is 18.4 Å². The number of hydrogen-bond acceptors (Lipinski definition) is 5. The first-order chi connectivity index (χ1) is 17.6. The molecule has 3 N–H and O–H groups in total. The molecule has 10 nitrogen and oxygen atoms in total. The number of urea groups is 1. The van der Waals surface area contributed by atoms with E-state index in [4.69, 9.17) is 17.3 Å². The number of aromatic nitrogens is 3. The van der Waals surface area contributed by atoms with Gasteiger partial charge in [0, 0.05) is 30.5 Å². The summed E-state index contributed by atoms with van der Waals surface area (Å²) in [7, 11) is 5.04. The van der Waals surface area contributed by atoms with Gasteiger partial charge in [-0.05, 0) is 48.2 Å². The Morgan fingerprint density at radius 3 is 2.62 bits per heavy atom. The molecule has 0 bridgehead atoms. The van der Waals surface area contributed by atoms with Crippen molar-refractivity contribution in [3.63, 3.8) is 0 Å². The van der Waals surface area contributed by atoms with E-state index < -0.39 is 23.9 Å². The number of likely N-dealkylation sites (N-methyl/N-ethyl adjacent to an activating group) is 1. The molecule has 3 atom stereocenters. The molecule has 4 rings (SSSR count). The summed E-state index contributed by atoms with van der Waals surface area (Å²) in [6.07, 6.45) is 4.12. The number of aryl methyl sites for hydroxylation is 1. The number of nitrogens with two attached hydrogens (primary N) is 1. The Kier molecular flexibility index (Phi) is 7.49.